The molecule has 108 valence electrons. The van der Waals surface area contributed by atoms with Crippen molar-refractivity contribution < 1.29 is 0 Å². The van der Waals surface area contributed by atoms with Crippen LogP contribution in [0.1, 0.15) is 18.1 Å². The van der Waals surface area contributed by atoms with Crippen molar-refractivity contribution in [1.82, 2.24) is 4.90 Å². The van der Waals surface area contributed by atoms with Crippen LogP contribution >= 0.6 is 15.9 Å². The fourth-order valence-corrected chi connectivity index (χ4v) is 3.27. The van der Waals surface area contributed by atoms with Crippen LogP contribution in [0.2, 0.25) is 0 Å². The molecule has 0 N–H and O–H groups in total. The Hall–Kier alpha value is -1.38. The lowest BCUT2D eigenvalue weighted by atomic mass is 9.90. The molecule has 0 fully saturated rings. The molecule has 0 unspecified atom stereocenters. The predicted octanol–water partition coefficient (Wildman–Crippen LogP) is 4.98. The first kappa shape index (κ1) is 14.6. The predicted molar refractivity (Wildman–Crippen MR) is 93.0 cm³/mol. The summed E-state index contributed by atoms with van der Waals surface area (Å²) >= 11 is 3.50. The molecule has 2 aromatic rings. The number of nitrogens with zero attached hydrogens (tertiary/aromatic N) is 1. The van der Waals surface area contributed by atoms with E-state index in [1.54, 1.807) is 0 Å². The van der Waals surface area contributed by atoms with E-state index in [-0.39, 0.29) is 0 Å². The van der Waals surface area contributed by atoms with E-state index in [2.05, 4.69) is 88.4 Å². The highest BCUT2D eigenvalue weighted by Gasteiger charge is 2.19. The maximum atomic E-state index is 3.50. The standard InChI is InChI=1S/C19H20BrN/c1-15-13-21(14-16-5-3-2-4-6-16)12-11-19(15)17-7-9-18(20)10-8-17/h2-11,15H,12-14H2,1H3/t15-/m0/s1. The van der Waals surface area contributed by atoms with E-state index in [4.69, 9.17) is 0 Å². The van der Waals surface area contributed by atoms with Crippen molar-refractivity contribution in [2.45, 2.75) is 13.5 Å². The van der Waals surface area contributed by atoms with Gasteiger partial charge in [0.05, 0.1) is 0 Å². The van der Waals surface area contributed by atoms with E-state index in [9.17, 15) is 0 Å². The maximum Gasteiger partial charge on any atom is 0.0237 e. The first-order chi connectivity index (χ1) is 10.2. The van der Waals surface area contributed by atoms with Gasteiger partial charge in [0.25, 0.3) is 0 Å². The maximum absolute atomic E-state index is 3.50. The van der Waals surface area contributed by atoms with Crippen molar-refractivity contribution >= 4 is 21.5 Å². The van der Waals surface area contributed by atoms with Crippen LogP contribution in [0.15, 0.2) is 65.1 Å². The molecule has 0 amide bonds. The van der Waals surface area contributed by atoms with Gasteiger partial charge in [-0.05, 0) is 34.8 Å². The van der Waals surface area contributed by atoms with Crippen LogP contribution in [-0.4, -0.2) is 18.0 Å². The van der Waals surface area contributed by atoms with Crippen LogP contribution in [0.3, 0.4) is 0 Å². The van der Waals surface area contributed by atoms with E-state index in [0.717, 1.165) is 24.1 Å². The molecule has 0 saturated carbocycles. The number of hydrogen-bond acceptors (Lipinski definition) is 1. The molecule has 1 aliphatic rings. The molecule has 3 rings (SSSR count). The van der Waals surface area contributed by atoms with Crippen molar-refractivity contribution in [3.8, 4) is 0 Å². The van der Waals surface area contributed by atoms with Gasteiger partial charge in [-0.2, -0.15) is 0 Å². The second-order valence-electron chi connectivity index (χ2n) is 5.75. The monoisotopic (exact) mass is 341 g/mol. The van der Waals surface area contributed by atoms with Gasteiger partial charge in [0.15, 0.2) is 0 Å². The van der Waals surface area contributed by atoms with Gasteiger partial charge >= 0.3 is 0 Å². The van der Waals surface area contributed by atoms with Gasteiger partial charge in [0.1, 0.15) is 0 Å². The average Bonchev–Trinajstić information content (AvgIpc) is 2.50. The van der Waals surface area contributed by atoms with Gasteiger partial charge in [-0.3, -0.25) is 4.90 Å². The van der Waals surface area contributed by atoms with Gasteiger partial charge in [0, 0.05) is 24.1 Å². The summed E-state index contributed by atoms with van der Waals surface area (Å²) in [5.41, 5.74) is 4.22. The Labute approximate surface area is 135 Å². The molecule has 2 heteroatoms. The zero-order valence-corrected chi connectivity index (χ0v) is 13.9. The van der Waals surface area contributed by atoms with E-state index in [0.29, 0.717) is 5.92 Å². The van der Waals surface area contributed by atoms with E-state index < -0.39 is 0 Å². The molecule has 1 aliphatic heterocycles. The molecule has 0 spiro atoms. The Bertz CT molecular complexity index is 616. The lowest BCUT2D eigenvalue weighted by molar-refractivity contribution is 0.263. The molecular formula is C19H20BrN. The second-order valence-corrected chi connectivity index (χ2v) is 6.66. The summed E-state index contributed by atoms with van der Waals surface area (Å²) < 4.78 is 1.14. The molecule has 2 aromatic carbocycles. The summed E-state index contributed by atoms with van der Waals surface area (Å²) in [6, 6.07) is 19.4. The van der Waals surface area contributed by atoms with Crippen molar-refractivity contribution in [2.75, 3.05) is 13.1 Å². The molecule has 0 radical (unpaired) electrons. The van der Waals surface area contributed by atoms with Gasteiger partial charge in [-0.25, -0.2) is 0 Å². The summed E-state index contributed by atoms with van der Waals surface area (Å²) in [6.45, 7) is 5.52. The fourth-order valence-electron chi connectivity index (χ4n) is 3.00. The molecule has 0 aromatic heterocycles. The van der Waals surface area contributed by atoms with Gasteiger partial charge in [-0.15, -0.1) is 0 Å². The Morgan fingerprint density at radius 3 is 2.43 bits per heavy atom. The van der Waals surface area contributed by atoms with Crippen LogP contribution in [-0.2, 0) is 6.54 Å². The average molecular weight is 342 g/mol. The summed E-state index contributed by atoms with van der Waals surface area (Å²) in [5, 5.41) is 0. The van der Waals surface area contributed by atoms with Crippen molar-refractivity contribution in [2.24, 2.45) is 5.92 Å². The molecule has 0 aliphatic carbocycles. The molecule has 0 saturated heterocycles. The smallest absolute Gasteiger partial charge is 0.0237 e. The Kier molecular flexibility index (Phi) is 4.57. The minimum Gasteiger partial charge on any atom is -0.295 e. The molecule has 1 atom stereocenters. The lowest BCUT2D eigenvalue weighted by Gasteiger charge is -2.31. The zero-order chi connectivity index (χ0) is 14.7. The molecular weight excluding hydrogens is 322 g/mol. The number of benzene rings is 2. The van der Waals surface area contributed by atoms with Crippen molar-refractivity contribution in [3.05, 3.63) is 76.3 Å². The normalized spacial score (nSPS) is 19.3. The third-order valence-electron chi connectivity index (χ3n) is 4.06. The van der Waals surface area contributed by atoms with Crippen LogP contribution in [0.25, 0.3) is 5.57 Å². The third kappa shape index (κ3) is 3.63. The first-order valence-electron chi connectivity index (χ1n) is 7.44. The van der Waals surface area contributed by atoms with Gasteiger partial charge in [-0.1, -0.05) is 71.4 Å². The molecule has 0 bridgehead atoms. The van der Waals surface area contributed by atoms with Crippen molar-refractivity contribution in [1.29, 1.82) is 0 Å². The lowest BCUT2D eigenvalue weighted by Crippen LogP contribution is -2.32. The fraction of sp³-hybridized carbons (Fsp3) is 0.263. The number of rotatable bonds is 3. The zero-order valence-electron chi connectivity index (χ0n) is 12.3. The van der Waals surface area contributed by atoms with Gasteiger partial charge < -0.3 is 0 Å². The largest absolute Gasteiger partial charge is 0.295 e. The van der Waals surface area contributed by atoms with Crippen molar-refractivity contribution in [3.63, 3.8) is 0 Å². The molecule has 1 heterocycles. The summed E-state index contributed by atoms with van der Waals surface area (Å²) in [7, 11) is 0. The summed E-state index contributed by atoms with van der Waals surface area (Å²) in [6.07, 6.45) is 2.39. The Balaban J connectivity index is 1.71. The number of halogens is 1. The van der Waals surface area contributed by atoms with E-state index in [1.165, 1.54) is 16.7 Å². The third-order valence-corrected chi connectivity index (χ3v) is 4.59. The molecule has 1 nitrogen and oxygen atoms in total. The summed E-state index contributed by atoms with van der Waals surface area (Å²) in [5.74, 6) is 0.573. The second kappa shape index (κ2) is 6.59. The number of hydrogen-bond donors (Lipinski definition) is 0. The highest BCUT2D eigenvalue weighted by molar-refractivity contribution is 9.10. The van der Waals surface area contributed by atoms with Crippen LogP contribution in [0.5, 0.6) is 0 Å². The van der Waals surface area contributed by atoms with Crippen LogP contribution in [0, 0.1) is 5.92 Å². The highest BCUT2D eigenvalue weighted by Crippen LogP contribution is 2.29. The topological polar surface area (TPSA) is 3.24 Å². The van der Waals surface area contributed by atoms with Crippen LogP contribution < -0.4 is 0 Å². The van der Waals surface area contributed by atoms with E-state index >= 15 is 0 Å². The molecule has 21 heavy (non-hydrogen) atoms. The minimum absolute atomic E-state index is 0.573. The van der Waals surface area contributed by atoms with Crippen LogP contribution in [0.4, 0.5) is 0 Å². The van der Waals surface area contributed by atoms with E-state index in [1.807, 2.05) is 0 Å². The quantitative estimate of drug-likeness (QED) is 0.760. The SMILES string of the molecule is C[C@H]1CN(Cc2ccccc2)CC=C1c1ccc(Br)cc1. The van der Waals surface area contributed by atoms with Gasteiger partial charge in [0.2, 0.25) is 0 Å². The summed E-state index contributed by atoms with van der Waals surface area (Å²) in [4.78, 5) is 2.52. The Morgan fingerprint density at radius 1 is 1.05 bits per heavy atom. The first-order valence-corrected chi connectivity index (χ1v) is 8.24. The minimum atomic E-state index is 0.573. The highest BCUT2D eigenvalue weighted by atomic mass is 79.9. The Morgan fingerprint density at radius 2 is 1.76 bits per heavy atom.